The summed E-state index contributed by atoms with van der Waals surface area (Å²) in [5.41, 5.74) is 2.29. The van der Waals surface area contributed by atoms with Crippen LogP contribution >= 0.6 is 15.9 Å². The van der Waals surface area contributed by atoms with Gasteiger partial charge in [0.25, 0.3) is 0 Å². The number of imidazole rings is 1. The lowest BCUT2D eigenvalue weighted by Gasteiger charge is -2.04. The van der Waals surface area contributed by atoms with Crippen molar-refractivity contribution in [3.63, 3.8) is 0 Å². The van der Waals surface area contributed by atoms with E-state index in [0.717, 1.165) is 15.8 Å². The van der Waals surface area contributed by atoms with Crippen LogP contribution in [0, 0.1) is 11.3 Å². The SMILES string of the molecule is N#Cc1cccnc1NCc1cn2cc(Br)ccc2n1. The predicted octanol–water partition coefficient (Wildman–Crippen LogP) is 2.98. The second-order valence-electron chi connectivity index (χ2n) is 4.21. The molecule has 0 aliphatic rings. The lowest BCUT2D eigenvalue weighted by molar-refractivity contribution is 1.05. The van der Waals surface area contributed by atoms with Gasteiger partial charge in [0.2, 0.25) is 0 Å². The molecule has 0 fully saturated rings. The molecule has 0 aliphatic heterocycles. The molecule has 0 spiro atoms. The summed E-state index contributed by atoms with van der Waals surface area (Å²) in [6.07, 6.45) is 5.55. The Morgan fingerprint density at radius 1 is 1.30 bits per heavy atom. The number of nitrogens with zero attached hydrogens (tertiary/aromatic N) is 4. The average Bonchev–Trinajstić information content (AvgIpc) is 2.87. The Hall–Kier alpha value is -2.39. The quantitative estimate of drug-likeness (QED) is 0.803. The predicted molar refractivity (Wildman–Crippen MR) is 79.2 cm³/mol. The van der Waals surface area contributed by atoms with Crippen LogP contribution in [0.1, 0.15) is 11.3 Å². The molecule has 20 heavy (non-hydrogen) atoms. The summed E-state index contributed by atoms with van der Waals surface area (Å²) in [7, 11) is 0. The molecule has 5 nitrogen and oxygen atoms in total. The van der Waals surface area contributed by atoms with Gasteiger partial charge >= 0.3 is 0 Å². The van der Waals surface area contributed by atoms with Crippen LogP contribution in [-0.2, 0) is 6.54 Å². The number of pyridine rings is 2. The maximum absolute atomic E-state index is 9.01. The summed E-state index contributed by atoms with van der Waals surface area (Å²) < 4.78 is 2.95. The maximum Gasteiger partial charge on any atom is 0.144 e. The van der Waals surface area contributed by atoms with E-state index < -0.39 is 0 Å². The molecule has 0 bridgehead atoms. The molecular formula is C14H10BrN5. The molecule has 3 rings (SSSR count). The van der Waals surface area contributed by atoms with Gasteiger partial charge in [0.1, 0.15) is 17.5 Å². The van der Waals surface area contributed by atoms with Crippen LogP contribution in [0.25, 0.3) is 5.65 Å². The number of fused-ring (bicyclic) bond motifs is 1. The van der Waals surface area contributed by atoms with Crippen LogP contribution in [0.2, 0.25) is 0 Å². The van der Waals surface area contributed by atoms with Gasteiger partial charge in [-0.05, 0) is 40.2 Å². The third-order valence-electron chi connectivity index (χ3n) is 2.83. The largest absolute Gasteiger partial charge is 0.363 e. The molecular weight excluding hydrogens is 318 g/mol. The fourth-order valence-electron chi connectivity index (χ4n) is 1.91. The molecule has 6 heteroatoms. The Kier molecular flexibility index (Phi) is 3.35. The number of hydrogen-bond donors (Lipinski definition) is 1. The van der Waals surface area contributed by atoms with Crippen LogP contribution in [0.4, 0.5) is 5.82 Å². The van der Waals surface area contributed by atoms with Gasteiger partial charge in [0, 0.05) is 23.1 Å². The topological polar surface area (TPSA) is 66.0 Å². The van der Waals surface area contributed by atoms with Crippen molar-refractivity contribution in [3.05, 3.63) is 58.6 Å². The van der Waals surface area contributed by atoms with Crippen LogP contribution in [0.3, 0.4) is 0 Å². The number of hydrogen-bond acceptors (Lipinski definition) is 4. The smallest absolute Gasteiger partial charge is 0.144 e. The monoisotopic (exact) mass is 327 g/mol. The molecule has 0 aliphatic carbocycles. The zero-order valence-electron chi connectivity index (χ0n) is 10.4. The van der Waals surface area contributed by atoms with Crippen molar-refractivity contribution >= 4 is 27.4 Å². The second kappa shape index (κ2) is 5.31. The van der Waals surface area contributed by atoms with Crippen molar-refractivity contribution in [2.75, 3.05) is 5.32 Å². The number of rotatable bonds is 3. The van der Waals surface area contributed by atoms with Crippen molar-refractivity contribution in [2.45, 2.75) is 6.54 Å². The summed E-state index contributed by atoms with van der Waals surface area (Å²) in [6, 6.07) is 9.47. The lowest BCUT2D eigenvalue weighted by Crippen LogP contribution is -2.03. The van der Waals surface area contributed by atoms with Crippen molar-refractivity contribution in [3.8, 4) is 6.07 Å². The maximum atomic E-state index is 9.01. The van der Waals surface area contributed by atoms with Gasteiger partial charge in [-0.1, -0.05) is 0 Å². The highest BCUT2D eigenvalue weighted by atomic mass is 79.9. The molecule has 98 valence electrons. The van der Waals surface area contributed by atoms with E-state index in [1.807, 2.05) is 28.9 Å². The summed E-state index contributed by atoms with van der Waals surface area (Å²) in [5.74, 6) is 0.577. The van der Waals surface area contributed by atoms with E-state index in [4.69, 9.17) is 5.26 Å². The molecule has 0 radical (unpaired) electrons. The Labute approximate surface area is 124 Å². The Morgan fingerprint density at radius 3 is 3.05 bits per heavy atom. The number of aromatic nitrogens is 3. The first-order chi connectivity index (χ1) is 9.76. The molecule has 1 N–H and O–H groups in total. The summed E-state index contributed by atoms with van der Waals surface area (Å²) in [6.45, 7) is 0.519. The van der Waals surface area contributed by atoms with Gasteiger partial charge in [-0.25, -0.2) is 9.97 Å². The highest BCUT2D eigenvalue weighted by molar-refractivity contribution is 9.10. The molecule has 3 aromatic rings. The zero-order valence-corrected chi connectivity index (χ0v) is 12.0. The first kappa shape index (κ1) is 12.6. The molecule has 0 atom stereocenters. The molecule has 0 aromatic carbocycles. The van der Waals surface area contributed by atoms with Gasteiger partial charge < -0.3 is 9.72 Å². The van der Waals surface area contributed by atoms with Gasteiger partial charge in [0.15, 0.2) is 0 Å². The number of nitriles is 1. The van der Waals surface area contributed by atoms with E-state index in [0.29, 0.717) is 17.9 Å². The fourth-order valence-corrected chi connectivity index (χ4v) is 2.27. The van der Waals surface area contributed by atoms with E-state index in [2.05, 4.69) is 37.3 Å². The minimum absolute atomic E-state index is 0.519. The fraction of sp³-hybridized carbons (Fsp3) is 0.0714. The van der Waals surface area contributed by atoms with Gasteiger partial charge in [-0.15, -0.1) is 0 Å². The molecule has 0 amide bonds. The first-order valence-corrected chi connectivity index (χ1v) is 6.78. The number of anilines is 1. The molecule has 0 saturated heterocycles. The normalized spacial score (nSPS) is 10.4. The average molecular weight is 328 g/mol. The van der Waals surface area contributed by atoms with Crippen LogP contribution < -0.4 is 5.32 Å². The number of nitrogens with one attached hydrogen (secondary N) is 1. The van der Waals surface area contributed by atoms with E-state index in [9.17, 15) is 0 Å². The summed E-state index contributed by atoms with van der Waals surface area (Å²) >= 11 is 3.43. The van der Waals surface area contributed by atoms with Crippen molar-refractivity contribution in [1.29, 1.82) is 5.26 Å². The van der Waals surface area contributed by atoms with Crippen LogP contribution in [0.5, 0.6) is 0 Å². The van der Waals surface area contributed by atoms with Gasteiger partial charge in [-0.3, -0.25) is 0 Å². The minimum Gasteiger partial charge on any atom is -0.363 e. The van der Waals surface area contributed by atoms with E-state index >= 15 is 0 Å². The van der Waals surface area contributed by atoms with Crippen LogP contribution in [0.15, 0.2) is 47.3 Å². The molecule has 0 unspecified atom stereocenters. The zero-order chi connectivity index (χ0) is 13.9. The van der Waals surface area contributed by atoms with Crippen molar-refractivity contribution < 1.29 is 0 Å². The van der Waals surface area contributed by atoms with E-state index in [1.54, 1.807) is 18.3 Å². The van der Waals surface area contributed by atoms with E-state index in [-0.39, 0.29) is 0 Å². The third-order valence-corrected chi connectivity index (χ3v) is 3.30. The Balaban J connectivity index is 1.82. The van der Waals surface area contributed by atoms with Gasteiger partial charge in [-0.2, -0.15) is 5.26 Å². The first-order valence-electron chi connectivity index (χ1n) is 5.98. The molecule has 3 heterocycles. The lowest BCUT2D eigenvalue weighted by atomic mass is 10.3. The third kappa shape index (κ3) is 2.49. The summed E-state index contributed by atoms with van der Waals surface area (Å²) in [5, 5.41) is 12.1. The van der Waals surface area contributed by atoms with Crippen molar-refractivity contribution in [2.24, 2.45) is 0 Å². The van der Waals surface area contributed by atoms with Gasteiger partial charge in [0.05, 0.1) is 17.8 Å². The summed E-state index contributed by atoms with van der Waals surface area (Å²) in [4.78, 5) is 8.65. The number of halogens is 1. The second-order valence-corrected chi connectivity index (χ2v) is 5.13. The highest BCUT2D eigenvalue weighted by Gasteiger charge is 2.05. The minimum atomic E-state index is 0.519. The van der Waals surface area contributed by atoms with Crippen molar-refractivity contribution in [1.82, 2.24) is 14.4 Å². The van der Waals surface area contributed by atoms with Crippen LogP contribution in [-0.4, -0.2) is 14.4 Å². The Morgan fingerprint density at radius 2 is 2.20 bits per heavy atom. The Bertz CT molecular complexity index is 803. The molecule has 0 saturated carbocycles. The van der Waals surface area contributed by atoms with E-state index in [1.165, 1.54) is 0 Å². The standard InChI is InChI=1S/C14H10BrN5/c15-11-3-4-13-19-12(9-20(13)8-11)7-18-14-10(6-16)2-1-5-17-14/h1-5,8-9H,7H2,(H,17,18). The molecule has 3 aromatic heterocycles. The highest BCUT2D eigenvalue weighted by Crippen LogP contribution is 2.14.